The summed E-state index contributed by atoms with van der Waals surface area (Å²) in [7, 11) is -2.13. The molecule has 2 aromatic rings. The van der Waals surface area contributed by atoms with Crippen LogP contribution < -0.4 is 14.4 Å². The molecule has 4 aliphatic rings. The lowest BCUT2D eigenvalue weighted by Crippen LogP contribution is -2.54. The molecule has 2 bridgehead atoms. The molecule has 2 heterocycles. The largest absolute Gasteiger partial charge is 0.490 e. The second kappa shape index (κ2) is 11.4. The van der Waals surface area contributed by atoms with Crippen molar-refractivity contribution in [2.24, 2.45) is 17.3 Å². The first-order valence-corrected chi connectivity index (χ1v) is 17.4. The number of hydrogen-bond donors (Lipinski definition) is 1. The summed E-state index contributed by atoms with van der Waals surface area (Å²) in [4.78, 5) is 15.8. The molecule has 43 heavy (non-hydrogen) atoms. The molecule has 0 saturated heterocycles. The van der Waals surface area contributed by atoms with Crippen LogP contribution in [0.3, 0.4) is 0 Å². The van der Waals surface area contributed by atoms with Crippen LogP contribution in [0.5, 0.6) is 5.75 Å². The summed E-state index contributed by atoms with van der Waals surface area (Å²) >= 11 is 6.42. The third-order valence-electron chi connectivity index (χ3n) is 10.8. The van der Waals surface area contributed by atoms with Crippen molar-refractivity contribution < 1.29 is 22.7 Å². The van der Waals surface area contributed by atoms with Crippen molar-refractivity contribution >= 4 is 33.2 Å². The summed E-state index contributed by atoms with van der Waals surface area (Å²) < 4.78 is 41.5. The van der Waals surface area contributed by atoms with Crippen LogP contribution in [0.15, 0.2) is 48.6 Å². The fourth-order valence-electron chi connectivity index (χ4n) is 7.81. The number of rotatable bonds is 1. The van der Waals surface area contributed by atoms with E-state index < -0.39 is 21.2 Å². The molecule has 0 radical (unpaired) electrons. The van der Waals surface area contributed by atoms with Crippen molar-refractivity contribution in [1.82, 2.24) is 4.72 Å². The van der Waals surface area contributed by atoms with Gasteiger partial charge in [-0.15, -0.1) is 0 Å². The Morgan fingerprint density at radius 1 is 1.12 bits per heavy atom. The maximum absolute atomic E-state index is 13.4. The lowest BCUT2D eigenvalue weighted by Gasteiger charge is -2.53. The minimum absolute atomic E-state index is 0.0249. The smallest absolute Gasteiger partial charge is 0.264 e. The Balaban J connectivity index is 1.46. The van der Waals surface area contributed by atoms with Gasteiger partial charge in [0, 0.05) is 36.2 Å². The number of ether oxygens (including phenoxy) is 2. The molecule has 1 fully saturated rings. The van der Waals surface area contributed by atoms with Crippen LogP contribution in [-0.2, 0) is 26.6 Å². The highest BCUT2D eigenvalue weighted by atomic mass is 35.5. The quantitative estimate of drug-likeness (QED) is 0.375. The lowest BCUT2D eigenvalue weighted by molar-refractivity contribution is -0.0438. The second-order valence-electron chi connectivity index (χ2n) is 13.6. The average Bonchev–Trinajstić information content (AvgIpc) is 3.11. The number of carbonyl (C=O) groups is 1. The summed E-state index contributed by atoms with van der Waals surface area (Å²) in [6.45, 7) is 7.93. The molecule has 1 spiro atoms. The summed E-state index contributed by atoms with van der Waals surface area (Å²) in [5.41, 5.74) is 3.42. The van der Waals surface area contributed by atoms with Gasteiger partial charge in [0.1, 0.15) is 5.75 Å². The molecule has 1 saturated carbocycles. The van der Waals surface area contributed by atoms with Gasteiger partial charge in [-0.2, -0.15) is 0 Å². The number of amides is 1. The molecule has 1 N–H and O–H groups in total. The number of methoxy groups -OCH3 is 1. The summed E-state index contributed by atoms with van der Waals surface area (Å²) in [5, 5.41) is 0.000743. The van der Waals surface area contributed by atoms with Gasteiger partial charge < -0.3 is 14.4 Å². The second-order valence-corrected chi connectivity index (χ2v) is 16.1. The van der Waals surface area contributed by atoms with E-state index in [4.69, 9.17) is 21.1 Å². The molecular weight excluding hydrogens is 584 g/mol. The van der Waals surface area contributed by atoms with Crippen LogP contribution >= 0.6 is 11.6 Å². The van der Waals surface area contributed by atoms with Gasteiger partial charge in [0.2, 0.25) is 10.0 Å². The number of fused-ring (bicyclic) bond motifs is 4. The highest BCUT2D eigenvalue weighted by Gasteiger charge is 2.50. The Labute approximate surface area is 261 Å². The third-order valence-corrected chi connectivity index (χ3v) is 12.9. The number of nitrogens with zero attached hydrogens (tertiary/aromatic N) is 1. The Kier molecular flexibility index (Phi) is 8.10. The maximum atomic E-state index is 13.4. The molecule has 6 rings (SSSR count). The minimum Gasteiger partial charge on any atom is -0.490 e. The van der Waals surface area contributed by atoms with Gasteiger partial charge in [0.25, 0.3) is 5.91 Å². The van der Waals surface area contributed by atoms with E-state index in [1.54, 1.807) is 20.1 Å². The monoisotopic (exact) mass is 626 g/mol. The van der Waals surface area contributed by atoms with Gasteiger partial charge in [-0.05, 0) is 104 Å². The number of benzene rings is 2. The highest BCUT2D eigenvalue weighted by molar-refractivity contribution is 7.90. The SMILES string of the molecule is CO[C@H]1/C=C/C[C@H](C)[C@@H](C)S(=O)(=O)NC(=O)c2ccc3c(c2)N(CC2(C)CC[C@@H]12)C[C@@]1(CCCc2cc(Cl)ccc21)CO3. The van der Waals surface area contributed by atoms with E-state index in [1.807, 2.05) is 25.1 Å². The molecule has 2 aromatic carbocycles. The summed E-state index contributed by atoms with van der Waals surface area (Å²) in [6, 6.07) is 11.5. The number of carbonyl (C=O) groups excluding carboxylic acids is 1. The number of allylic oxidation sites excluding steroid dienone is 1. The molecule has 0 aromatic heterocycles. The fraction of sp³-hybridized carbons (Fsp3) is 0.559. The molecule has 232 valence electrons. The summed E-state index contributed by atoms with van der Waals surface area (Å²) in [6.07, 6.45) is 9.83. The zero-order valence-corrected chi connectivity index (χ0v) is 27.1. The first-order chi connectivity index (χ1) is 20.4. The molecule has 1 amide bonds. The van der Waals surface area contributed by atoms with Gasteiger partial charge in [0.15, 0.2) is 0 Å². The number of anilines is 1. The van der Waals surface area contributed by atoms with Crippen LogP contribution in [0.1, 0.15) is 74.4 Å². The van der Waals surface area contributed by atoms with E-state index in [0.717, 1.165) is 55.9 Å². The molecular formula is C34H43ClN2O5S. The fourth-order valence-corrected chi connectivity index (χ4v) is 9.29. The van der Waals surface area contributed by atoms with E-state index in [0.29, 0.717) is 30.3 Å². The summed E-state index contributed by atoms with van der Waals surface area (Å²) in [5.74, 6) is 0.224. The molecule has 2 aliphatic heterocycles. The number of nitrogens with one attached hydrogen (secondary N) is 1. The number of hydrogen-bond acceptors (Lipinski definition) is 6. The lowest BCUT2D eigenvalue weighted by atomic mass is 9.58. The van der Waals surface area contributed by atoms with Crippen LogP contribution in [0.4, 0.5) is 5.69 Å². The topological polar surface area (TPSA) is 84.9 Å². The van der Waals surface area contributed by atoms with Gasteiger partial charge in [-0.3, -0.25) is 4.79 Å². The minimum atomic E-state index is -3.89. The van der Waals surface area contributed by atoms with E-state index in [2.05, 4.69) is 40.8 Å². The van der Waals surface area contributed by atoms with Gasteiger partial charge in [-0.1, -0.05) is 43.7 Å². The normalized spacial score (nSPS) is 34.5. The van der Waals surface area contributed by atoms with Gasteiger partial charge >= 0.3 is 0 Å². The molecule has 7 nitrogen and oxygen atoms in total. The Morgan fingerprint density at radius 2 is 1.93 bits per heavy atom. The first kappa shape index (κ1) is 30.5. The van der Waals surface area contributed by atoms with Crippen LogP contribution in [-0.4, -0.2) is 52.5 Å². The van der Waals surface area contributed by atoms with Crippen molar-refractivity contribution in [3.8, 4) is 5.75 Å². The Hall–Kier alpha value is -2.55. The van der Waals surface area contributed by atoms with Gasteiger partial charge in [0.05, 0.1) is 23.6 Å². The maximum Gasteiger partial charge on any atom is 0.264 e. The molecule has 2 aliphatic carbocycles. The predicted molar refractivity (Wildman–Crippen MR) is 171 cm³/mol. The number of aryl methyl sites for hydroxylation is 1. The van der Waals surface area contributed by atoms with E-state index >= 15 is 0 Å². The molecule has 1 unspecified atom stereocenters. The first-order valence-electron chi connectivity index (χ1n) is 15.5. The standard InChI is InChI=1S/C34H43ClN2O5S/c1-22-7-5-9-30(41-4)28-14-16-33(28,3)19-37-20-34(15-6-8-24-17-26(35)11-12-27(24)34)21-42-31-13-10-25(18-29(31)37)32(38)36-43(39,40)23(22)2/h5,9-13,17-18,22-23,28,30H,6-8,14-16,19-21H2,1-4H3,(H,36,38)/b9-5+/t22-,23+,28-,30-,33?,34-/m0/s1. The predicted octanol–water partition coefficient (Wildman–Crippen LogP) is 6.29. The van der Waals surface area contributed by atoms with E-state index in [-0.39, 0.29) is 22.9 Å². The highest BCUT2D eigenvalue weighted by Crippen LogP contribution is 2.52. The van der Waals surface area contributed by atoms with E-state index in [1.165, 1.54) is 11.1 Å². The zero-order valence-electron chi connectivity index (χ0n) is 25.6. The van der Waals surface area contributed by atoms with Crippen molar-refractivity contribution in [2.45, 2.75) is 76.1 Å². The third kappa shape index (κ3) is 5.59. The van der Waals surface area contributed by atoms with Crippen LogP contribution in [0, 0.1) is 17.3 Å². The zero-order chi connectivity index (χ0) is 30.6. The van der Waals surface area contributed by atoms with Crippen LogP contribution in [0.2, 0.25) is 5.02 Å². The molecule has 9 heteroatoms. The molecule has 6 atom stereocenters. The number of sulfonamides is 1. The van der Waals surface area contributed by atoms with Crippen molar-refractivity contribution in [3.05, 3.63) is 70.3 Å². The Morgan fingerprint density at radius 3 is 2.67 bits per heavy atom. The van der Waals surface area contributed by atoms with Crippen molar-refractivity contribution in [3.63, 3.8) is 0 Å². The van der Waals surface area contributed by atoms with Crippen LogP contribution in [0.25, 0.3) is 0 Å². The van der Waals surface area contributed by atoms with E-state index in [9.17, 15) is 13.2 Å². The Bertz CT molecular complexity index is 1540. The van der Waals surface area contributed by atoms with Gasteiger partial charge in [-0.25, -0.2) is 13.1 Å². The van der Waals surface area contributed by atoms with Crippen molar-refractivity contribution in [1.29, 1.82) is 0 Å². The number of halogens is 1. The van der Waals surface area contributed by atoms with Crippen molar-refractivity contribution in [2.75, 3.05) is 31.7 Å². The average molecular weight is 627 g/mol.